The predicted molar refractivity (Wildman–Crippen MR) is 50.6 cm³/mol. The van der Waals surface area contributed by atoms with Crippen LogP contribution in [0.3, 0.4) is 0 Å². The van der Waals surface area contributed by atoms with Crippen molar-refractivity contribution in [2.45, 2.75) is 38.2 Å². The molecule has 0 saturated carbocycles. The molecule has 1 aliphatic rings. The van der Waals surface area contributed by atoms with E-state index in [0.29, 0.717) is 6.10 Å². The Morgan fingerprint density at radius 1 is 1.36 bits per heavy atom. The highest BCUT2D eigenvalue weighted by molar-refractivity contribution is 7.93. The van der Waals surface area contributed by atoms with Gasteiger partial charge in [-0.05, 0) is 31.3 Å². The van der Waals surface area contributed by atoms with Crippen molar-refractivity contribution >= 4 is 12.0 Å². The van der Waals surface area contributed by atoms with Crippen LogP contribution in [0, 0.1) is 0 Å². The van der Waals surface area contributed by atoms with Gasteiger partial charge in [-0.1, -0.05) is 25.0 Å². The van der Waals surface area contributed by atoms with Crippen molar-refractivity contribution in [1.29, 1.82) is 0 Å². The molecule has 64 valence electrons. The normalized spacial score (nSPS) is 26.1. The molecule has 0 bridgehead atoms. The first-order valence-electron chi connectivity index (χ1n) is 4.29. The average molecular weight is 172 g/mol. The third-order valence-corrected chi connectivity index (χ3v) is 2.37. The number of allylic oxidation sites excluding steroid dienone is 1. The maximum absolute atomic E-state index is 5.45. The van der Waals surface area contributed by atoms with E-state index in [0.717, 1.165) is 0 Å². The molecule has 0 N–H and O–H groups in total. The van der Waals surface area contributed by atoms with E-state index in [1.165, 1.54) is 44.1 Å². The summed E-state index contributed by atoms with van der Waals surface area (Å²) in [4.78, 5) is 0. The van der Waals surface area contributed by atoms with E-state index in [9.17, 15) is 0 Å². The molecule has 0 spiro atoms. The monoisotopic (exact) mass is 172 g/mol. The van der Waals surface area contributed by atoms with E-state index in [2.05, 4.69) is 12.2 Å². The highest BCUT2D eigenvalue weighted by Crippen LogP contribution is 2.16. The van der Waals surface area contributed by atoms with Crippen molar-refractivity contribution in [2.24, 2.45) is 0 Å². The van der Waals surface area contributed by atoms with Gasteiger partial charge in [0.25, 0.3) is 0 Å². The molecule has 0 amide bonds. The van der Waals surface area contributed by atoms with E-state index in [1.54, 1.807) is 0 Å². The lowest BCUT2D eigenvalue weighted by atomic mass is 10.0. The van der Waals surface area contributed by atoms with Gasteiger partial charge >= 0.3 is 0 Å². The summed E-state index contributed by atoms with van der Waals surface area (Å²) in [6.07, 6.45) is 13.2. The highest BCUT2D eigenvalue weighted by Gasteiger charge is 2.05. The Balaban J connectivity index is 2.29. The van der Waals surface area contributed by atoms with Crippen LogP contribution in [0.25, 0.3) is 0 Å². The second-order valence-electron chi connectivity index (χ2n) is 2.87. The fourth-order valence-corrected chi connectivity index (χ4v) is 1.74. The van der Waals surface area contributed by atoms with E-state index in [1.807, 2.05) is 6.26 Å². The lowest BCUT2D eigenvalue weighted by Crippen LogP contribution is -2.06. The Kier molecular flexibility index (Phi) is 4.71. The molecule has 0 aliphatic heterocycles. The van der Waals surface area contributed by atoms with Crippen LogP contribution in [-0.4, -0.2) is 12.4 Å². The molecule has 0 saturated heterocycles. The molecular formula is C9H16OS. The quantitative estimate of drug-likeness (QED) is 0.467. The van der Waals surface area contributed by atoms with Crippen molar-refractivity contribution < 1.29 is 4.18 Å². The van der Waals surface area contributed by atoms with Crippen LogP contribution in [0.2, 0.25) is 0 Å². The smallest absolute Gasteiger partial charge is 0.0902 e. The summed E-state index contributed by atoms with van der Waals surface area (Å²) in [5.41, 5.74) is 0. The van der Waals surface area contributed by atoms with Crippen LogP contribution in [0.4, 0.5) is 0 Å². The van der Waals surface area contributed by atoms with Crippen LogP contribution in [0.1, 0.15) is 32.1 Å². The van der Waals surface area contributed by atoms with Crippen molar-refractivity contribution in [2.75, 3.05) is 6.26 Å². The van der Waals surface area contributed by atoms with E-state index in [-0.39, 0.29) is 0 Å². The van der Waals surface area contributed by atoms with Crippen molar-refractivity contribution in [3.63, 3.8) is 0 Å². The molecule has 1 unspecified atom stereocenters. The topological polar surface area (TPSA) is 9.23 Å². The maximum atomic E-state index is 5.45. The first kappa shape index (κ1) is 9.14. The summed E-state index contributed by atoms with van der Waals surface area (Å²) in [5, 5.41) is 0. The molecule has 0 fully saturated rings. The zero-order valence-electron chi connectivity index (χ0n) is 7.08. The molecule has 11 heavy (non-hydrogen) atoms. The lowest BCUT2D eigenvalue weighted by Gasteiger charge is -2.13. The fraction of sp³-hybridized carbons (Fsp3) is 0.778. The van der Waals surface area contributed by atoms with Crippen LogP contribution in [0.5, 0.6) is 0 Å². The molecule has 0 radical (unpaired) electrons. The Bertz CT molecular complexity index is 123. The second-order valence-corrected chi connectivity index (χ2v) is 3.39. The Labute approximate surface area is 73.4 Å². The van der Waals surface area contributed by atoms with E-state index in [4.69, 9.17) is 4.18 Å². The third-order valence-electron chi connectivity index (χ3n) is 1.93. The number of hydrogen-bond donors (Lipinski definition) is 0. The lowest BCUT2D eigenvalue weighted by molar-refractivity contribution is 0.274. The molecule has 1 aliphatic carbocycles. The molecule has 0 aromatic rings. The van der Waals surface area contributed by atoms with E-state index >= 15 is 0 Å². The first-order valence-corrected chi connectivity index (χ1v) is 5.44. The van der Waals surface area contributed by atoms with Crippen LogP contribution >= 0.6 is 12.0 Å². The SMILES string of the molecule is CSOC1C=CCCCCC1. The average Bonchev–Trinajstić information content (AvgIpc) is 1.94. The number of hydrogen-bond acceptors (Lipinski definition) is 2. The molecule has 0 heterocycles. The second kappa shape index (κ2) is 5.67. The first-order chi connectivity index (χ1) is 5.43. The molecule has 1 nitrogen and oxygen atoms in total. The Hall–Kier alpha value is 0.0500. The summed E-state index contributed by atoms with van der Waals surface area (Å²) in [6, 6.07) is 0. The maximum Gasteiger partial charge on any atom is 0.0902 e. The Morgan fingerprint density at radius 2 is 2.27 bits per heavy atom. The zero-order valence-corrected chi connectivity index (χ0v) is 7.90. The standard InChI is InChI=1S/C9H16OS/c1-11-10-9-7-5-3-2-4-6-8-9/h5,7,9H,2-4,6,8H2,1H3. The van der Waals surface area contributed by atoms with Crippen molar-refractivity contribution in [3.8, 4) is 0 Å². The zero-order chi connectivity index (χ0) is 7.94. The van der Waals surface area contributed by atoms with Gasteiger partial charge in [0.15, 0.2) is 0 Å². The summed E-state index contributed by atoms with van der Waals surface area (Å²) in [6.45, 7) is 0. The largest absolute Gasteiger partial charge is 0.308 e. The van der Waals surface area contributed by atoms with Gasteiger partial charge in [0.1, 0.15) is 0 Å². The minimum Gasteiger partial charge on any atom is -0.308 e. The molecule has 2 heteroatoms. The molecular weight excluding hydrogens is 156 g/mol. The summed E-state index contributed by atoms with van der Waals surface area (Å²) in [7, 11) is 0. The molecule has 1 atom stereocenters. The van der Waals surface area contributed by atoms with Crippen LogP contribution < -0.4 is 0 Å². The summed E-state index contributed by atoms with van der Waals surface area (Å²) >= 11 is 1.47. The minimum atomic E-state index is 0.366. The van der Waals surface area contributed by atoms with Crippen LogP contribution in [0.15, 0.2) is 12.2 Å². The van der Waals surface area contributed by atoms with Gasteiger partial charge < -0.3 is 4.18 Å². The van der Waals surface area contributed by atoms with Gasteiger partial charge in [0.2, 0.25) is 0 Å². The molecule has 1 rings (SSSR count). The predicted octanol–water partition coefficient (Wildman–Crippen LogP) is 3.17. The third kappa shape index (κ3) is 3.82. The van der Waals surface area contributed by atoms with Crippen molar-refractivity contribution in [1.82, 2.24) is 0 Å². The van der Waals surface area contributed by atoms with E-state index < -0.39 is 0 Å². The fourth-order valence-electron chi connectivity index (χ4n) is 1.33. The molecule has 0 aromatic heterocycles. The molecule has 0 aromatic carbocycles. The highest BCUT2D eigenvalue weighted by atomic mass is 32.2. The van der Waals surface area contributed by atoms with Gasteiger partial charge in [-0.25, -0.2) is 0 Å². The van der Waals surface area contributed by atoms with Gasteiger partial charge in [0.05, 0.1) is 6.10 Å². The van der Waals surface area contributed by atoms with Gasteiger partial charge in [0, 0.05) is 6.26 Å². The van der Waals surface area contributed by atoms with Gasteiger partial charge in [-0.3, -0.25) is 0 Å². The number of rotatable bonds is 2. The summed E-state index contributed by atoms with van der Waals surface area (Å²) < 4.78 is 5.45. The van der Waals surface area contributed by atoms with Gasteiger partial charge in [-0.15, -0.1) is 0 Å². The van der Waals surface area contributed by atoms with Gasteiger partial charge in [-0.2, -0.15) is 0 Å². The summed E-state index contributed by atoms with van der Waals surface area (Å²) in [5.74, 6) is 0. The van der Waals surface area contributed by atoms with Crippen LogP contribution in [-0.2, 0) is 4.18 Å². The van der Waals surface area contributed by atoms with Crippen molar-refractivity contribution in [3.05, 3.63) is 12.2 Å². The minimum absolute atomic E-state index is 0.366. The Morgan fingerprint density at radius 3 is 3.09 bits per heavy atom.